The monoisotopic (exact) mass is 384 g/mol. The number of carbonyl (C=O) groups excluding carboxylic acids is 2. The Morgan fingerprint density at radius 3 is 2.11 bits per heavy atom. The van der Waals surface area contributed by atoms with Gasteiger partial charge in [0, 0.05) is 30.9 Å². The van der Waals surface area contributed by atoms with Gasteiger partial charge >= 0.3 is 5.97 Å². The number of carboxylic acids is 1. The third-order valence-corrected chi connectivity index (χ3v) is 4.20. The summed E-state index contributed by atoms with van der Waals surface area (Å²) in [6, 6.07) is 8.44. The molecule has 148 valence electrons. The molecule has 0 aliphatic rings. The van der Waals surface area contributed by atoms with Crippen molar-refractivity contribution in [1.29, 1.82) is 0 Å². The van der Waals surface area contributed by atoms with Gasteiger partial charge in [-0.1, -0.05) is 6.07 Å². The summed E-state index contributed by atoms with van der Waals surface area (Å²) >= 11 is 0. The third-order valence-electron chi connectivity index (χ3n) is 4.20. The normalized spacial score (nSPS) is 10.3. The third kappa shape index (κ3) is 4.88. The molecule has 2 aromatic rings. The number of ether oxygens (including phenoxy) is 1. The average molecular weight is 384 g/mol. The van der Waals surface area contributed by atoms with Crippen molar-refractivity contribution in [2.24, 2.45) is 0 Å². The summed E-state index contributed by atoms with van der Waals surface area (Å²) in [4.78, 5) is 37.1. The molecule has 0 radical (unpaired) electrons. The van der Waals surface area contributed by atoms with E-state index in [0.717, 1.165) is 5.56 Å². The minimum absolute atomic E-state index is 0.151. The van der Waals surface area contributed by atoms with Gasteiger partial charge in [-0.15, -0.1) is 0 Å². The van der Waals surface area contributed by atoms with E-state index in [4.69, 9.17) is 9.84 Å². The second-order valence-corrected chi connectivity index (χ2v) is 6.80. The number of rotatable bonds is 6. The van der Waals surface area contributed by atoms with Gasteiger partial charge in [-0.2, -0.15) is 0 Å². The smallest absolute Gasteiger partial charge is 0.341 e. The van der Waals surface area contributed by atoms with Crippen molar-refractivity contribution in [2.75, 3.05) is 26.0 Å². The van der Waals surface area contributed by atoms with Crippen LogP contribution in [0, 0.1) is 20.8 Å². The van der Waals surface area contributed by atoms with Crippen LogP contribution in [0.25, 0.3) is 0 Å². The molecule has 28 heavy (non-hydrogen) atoms. The topological polar surface area (TPSA) is 95.9 Å². The van der Waals surface area contributed by atoms with Crippen LogP contribution < -0.4 is 10.1 Å². The lowest BCUT2D eigenvalue weighted by Gasteiger charge is -2.15. The van der Waals surface area contributed by atoms with E-state index < -0.39 is 12.6 Å². The molecule has 0 aliphatic heterocycles. The molecule has 7 nitrogen and oxygen atoms in total. The molecule has 0 saturated heterocycles. The Balaban J connectivity index is 2.27. The van der Waals surface area contributed by atoms with Gasteiger partial charge < -0.3 is 20.1 Å². The lowest BCUT2D eigenvalue weighted by molar-refractivity contribution is -0.139. The molecule has 0 bridgehead atoms. The maximum Gasteiger partial charge on any atom is 0.341 e. The molecule has 0 atom stereocenters. The fourth-order valence-corrected chi connectivity index (χ4v) is 2.79. The first-order valence-electron chi connectivity index (χ1n) is 8.69. The summed E-state index contributed by atoms with van der Waals surface area (Å²) in [6.45, 7) is 4.91. The number of carbonyl (C=O) groups is 3. The summed E-state index contributed by atoms with van der Waals surface area (Å²) in [5.74, 6) is -1.09. The molecule has 0 unspecified atom stereocenters. The Kier molecular flexibility index (Phi) is 6.41. The minimum Gasteiger partial charge on any atom is -0.481 e. The number of hydrogen-bond acceptors (Lipinski definition) is 4. The number of benzene rings is 2. The van der Waals surface area contributed by atoms with Crippen molar-refractivity contribution < 1.29 is 24.2 Å². The van der Waals surface area contributed by atoms with Crippen molar-refractivity contribution in [1.82, 2.24) is 4.90 Å². The van der Waals surface area contributed by atoms with Crippen LogP contribution in [0.5, 0.6) is 5.75 Å². The molecule has 2 N–H and O–H groups in total. The van der Waals surface area contributed by atoms with Crippen LogP contribution in [-0.2, 0) is 4.79 Å². The summed E-state index contributed by atoms with van der Waals surface area (Å²) in [5, 5.41) is 11.6. The Bertz CT molecular complexity index is 911. The maximum atomic E-state index is 12.7. The highest BCUT2D eigenvalue weighted by molar-refractivity contribution is 6.06. The van der Waals surface area contributed by atoms with Crippen molar-refractivity contribution in [3.8, 4) is 5.75 Å². The number of aryl methyl sites for hydroxylation is 3. The highest BCUT2D eigenvalue weighted by atomic mass is 16.5. The van der Waals surface area contributed by atoms with Gasteiger partial charge in [-0.05, 0) is 61.7 Å². The molecule has 2 aromatic carbocycles. The molecule has 7 heteroatoms. The second kappa shape index (κ2) is 8.56. The van der Waals surface area contributed by atoms with Crippen LogP contribution in [0.15, 0.2) is 30.3 Å². The lowest BCUT2D eigenvalue weighted by atomic mass is 10.0. The fraction of sp³-hybridized carbons (Fsp3) is 0.286. The van der Waals surface area contributed by atoms with E-state index >= 15 is 0 Å². The van der Waals surface area contributed by atoms with Crippen LogP contribution >= 0.6 is 0 Å². The van der Waals surface area contributed by atoms with Crippen molar-refractivity contribution >= 4 is 23.5 Å². The van der Waals surface area contributed by atoms with E-state index in [1.807, 2.05) is 6.92 Å². The summed E-state index contributed by atoms with van der Waals surface area (Å²) in [7, 11) is 3.33. The van der Waals surface area contributed by atoms with Gasteiger partial charge in [-0.25, -0.2) is 4.79 Å². The van der Waals surface area contributed by atoms with Gasteiger partial charge in [0.1, 0.15) is 5.75 Å². The molecule has 0 aliphatic carbocycles. The van der Waals surface area contributed by atoms with Gasteiger partial charge in [0.2, 0.25) is 0 Å². The summed E-state index contributed by atoms with van der Waals surface area (Å²) in [6.07, 6.45) is 0. The molecule has 0 heterocycles. The average Bonchev–Trinajstić information content (AvgIpc) is 2.61. The number of nitrogens with zero attached hydrogens (tertiary/aromatic N) is 1. The SMILES string of the molecule is Cc1ccc(C(=O)N(C)C)cc1NC(=O)c1cc(C)c(OCC(=O)O)c(C)c1. The van der Waals surface area contributed by atoms with Gasteiger partial charge in [0.25, 0.3) is 11.8 Å². The van der Waals surface area contributed by atoms with Crippen LogP contribution in [0.1, 0.15) is 37.4 Å². The lowest BCUT2D eigenvalue weighted by Crippen LogP contribution is -2.22. The van der Waals surface area contributed by atoms with E-state index in [1.165, 1.54) is 4.90 Å². The zero-order valence-corrected chi connectivity index (χ0v) is 16.6. The standard InChI is InChI=1S/C21H24N2O5/c1-12-6-7-15(21(27)23(4)5)10-17(12)22-20(26)16-8-13(2)19(14(3)9-16)28-11-18(24)25/h6-10H,11H2,1-5H3,(H,22,26)(H,24,25). The van der Waals surface area contributed by atoms with E-state index in [1.54, 1.807) is 58.3 Å². The molecule has 0 saturated carbocycles. The highest BCUT2D eigenvalue weighted by Crippen LogP contribution is 2.26. The Morgan fingerprint density at radius 2 is 1.57 bits per heavy atom. The molecular weight excluding hydrogens is 360 g/mol. The van der Waals surface area contributed by atoms with Crippen molar-refractivity contribution in [3.05, 3.63) is 58.1 Å². The first-order valence-corrected chi connectivity index (χ1v) is 8.69. The predicted octanol–water partition coefficient (Wildman–Crippen LogP) is 3.03. The van der Waals surface area contributed by atoms with Crippen LogP contribution in [-0.4, -0.2) is 48.5 Å². The number of anilines is 1. The van der Waals surface area contributed by atoms with Gasteiger partial charge in [0.15, 0.2) is 6.61 Å². The van der Waals surface area contributed by atoms with Crippen LogP contribution in [0.3, 0.4) is 0 Å². The molecule has 0 fully saturated rings. The Hall–Kier alpha value is -3.35. The van der Waals surface area contributed by atoms with E-state index in [2.05, 4.69) is 5.32 Å². The van der Waals surface area contributed by atoms with E-state index in [-0.39, 0.29) is 11.8 Å². The molecule has 0 spiro atoms. The summed E-state index contributed by atoms with van der Waals surface area (Å²) in [5.41, 5.74) is 3.62. The molecule has 2 rings (SSSR count). The Morgan fingerprint density at radius 1 is 0.964 bits per heavy atom. The highest BCUT2D eigenvalue weighted by Gasteiger charge is 2.15. The maximum absolute atomic E-state index is 12.7. The summed E-state index contributed by atoms with van der Waals surface area (Å²) < 4.78 is 5.29. The number of aliphatic carboxylic acids is 1. The second-order valence-electron chi connectivity index (χ2n) is 6.80. The largest absolute Gasteiger partial charge is 0.481 e. The number of carboxylic acid groups (broad SMARTS) is 1. The van der Waals surface area contributed by atoms with E-state index in [0.29, 0.717) is 33.7 Å². The van der Waals surface area contributed by atoms with Crippen LogP contribution in [0.4, 0.5) is 5.69 Å². The zero-order valence-electron chi connectivity index (χ0n) is 16.6. The molecular formula is C21H24N2O5. The van der Waals surface area contributed by atoms with Crippen molar-refractivity contribution in [3.63, 3.8) is 0 Å². The molecule has 2 amide bonds. The van der Waals surface area contributed by atoms with E-state index in [9.17, 15) is 14.4 Å². The predicted molar refractivity (Wildman–Crippen MR) is 106 cm³/mol. The Labute approximate surface area is 163 Å². The first-order chi connectivity index (χ1) is 13.1. The number of hydrogen-bond donors (Lipinski definition) is 2. The number of amides is 2. The zero-order chi connectivity index (χ0) is 21.0. The van der Waals surface area contributed by atoms with Gasteiger partial charge in [0.05, 0.1) is 0 Å². The van der Waals surface area contributed by atoms with Crippen molar-refractivity contribution in [2.45, 2.75) is 20.8 Å². The number of nitrogens with one attached hydrogen (secondary N) is 1. The van der Waals surface area contributed by atoms with Gasteiger partial charge in [-0.3, -0.25) is 9.59 Å². The minimum atomic E-state index is -1.07. The quantitative estimate of drug-likeness (QED) is 0.798. The van der Waals surface area contributed by atoms with Crippen LogP contribution in [0.2, 0.25) is 0 Å². The molecule has 0 aromatic heterocycles. The first kappa shape index (κ1) is 21.0. The fourth-order valence-electron chi connectivity index (χ4n) is 2.79.